The molecule has 806 valence electrons. The lowest BCUT2D eigenvalue weighted by molar-refractivity contribution is -0.162. The fourth-order valence-electron chi connectivity index (χ4n) is 12.5. The molecule has 4 aromatic carbocycles. The van der Waals surface area contributed by atoms with Crippen LogP contribution in [0.5, 0.6) is 0 Å². The molecule has 10 atom stereocenters. The maximum atomic E-state index is 13.8. The number of aliphatic hydroxyl groups is 1. The molecule has 0 aliphatic heterocycles. The van der Waals surface area contributed by atoms with Crippen molar-refractivity contribution in [1.82, 2.24) is 0 Å². The van der Waals surface area contributed by atoms with Gasteiger partial charge in [-0.3, -0.25) is 57.5 Å². The van der Waals surface area contributed by atoms with E-state index in [-0.39, 0.29) is 112 Å². The number of ether oxygens (including phenoxy) is 10. The molecule has 0 aliphatic carbocycles. The Morgan fingerprint density at radius 2 is 0.652 bits per heavy atom. The Bertz CT molecular complexity index is 4250. The molecule has 0 saturated carbocycles. The highest BCUT2D eigenvalue weighted by Crippen LogP contribution is 2.43. The van der Waals surface area contributed by atoms with Crippen LogP contribution < -0.4 is 0 Å². The molecule has 0 spiro atoms. The lowest BCUT2D eigenvalue weighted by atomic mass is 9.74. The topological polar surface area (TPSA) is 353 Å². The van der Waals surface area contributed by atoms with Gasteiger partial charge in [0.05, 0.1) is 109 Å². The van der Waals surface area contributed by atoms with Gasteiger partial charge in [0.15, 0.2) is 39.8 Å². The number of hydrogen-bond donors (Lipinski definition) is 1. The molecule has 0 heterocycles. The maximum Gasteiger partial charge on any atom is 0.319 e. The van der Waals surface area contributed by atoms with Gasteiger partial charge < -0.3 is 66.1 Å². The Balaban J connectivity index is -0.000000538. The molecule has 4 aromatic rings. The van der Waals surface area contributed by atoms with Crippen molar-refractivity contribution in [3.8, 4) is 0 Å². The molecule has 141 heavy (non-hydrogen) atoms. The predicted molar refractivity (Wildman–Crippen MR) is 566 cm³/mol. The molecular weight excluding hydrogens is 1850 g/mol. The van der Waals surface area contributed by atoms with Gasteiger partial charge in [0.2, 0.25) is 5.24 Å². The molecule has 29 heteroatoms. The van der Waals surface area contributed by atoms with Crippen LogP contribution >= 0.6 is 11.6 Å². The van der Waals surface area contributed by atoms with Gasteiger partial charge in [0, 0.05) is 61.2 Å². The maximum absolute atomic E-state index is 13.8. The average molecular weight is 2040 g/mol. The van der Waals surface area contributed by atoms with Crippen molar-refractivity contribution in [2.75, 3.05) is 52.9 Å². The number of esters is 6. The van der Waals surface area contributed by atoms with Gasteiger partial charge in [-0.2, -0.15) is 0 Å². The number of hydrogen-bond acceptors (Lipinski definition) is 26. The van der Waals surface area contributed by atoms with E-state index >= 15 is 0 Å². The minimum absolute atomic E-state index is 0. The van der Waals surface area contributed by atoms with Crippen molar-refractivity contribution in [3.05, 3.63) is 144 Å². The Hall–Kier alpha value is -8.17. The van der Waals surface area contributed by atoms with Gasteiger partial charge in [0.1, 0.15) is 45.9 Å². The van der Waals surface area contributed by atoms with Crippen LogP contribution in [0.2, 0.25) is 36.3 Å². The van der Waals surface area contributed by atoms with E-state index in [9.17, 15) is 67.4 Å². The number of ketones is 5. The SMILES string of the molecule is C.CC(=O)OC(C)(C)C.CCC(=O)Cl.CCOC(=O)C(C)(C)C(=O)CC.CCOC(=O)C(C)(C)C(=O)[C@H](C)[C@@H](O)[C@@H](C)COCc1ccccc1.CCOC(=O)C(C)(C)C(=O)[C@H](C)[C@H](O[Si](C)(C)C(C)(C)C)[C@@H](C)COCc1ccccc1.CCOC(=O)C(C)C.C[C@@H](COCc1ccccc1)[C@@H](O[Si](C)(C)C(C)(C)C)[C@@H](C)C(=O)C(C)(C)C(=O)CC(=O)OC(C)(C)C.C[C@H](C=O)COCc1ccccc1. The van der Waals surface area contributed by atoms with Crippen LogP contribution in [0, 0.1) is 69.0 Å². The summed E-state index contributed by atoms with van der Waals surface area (Å²) in [5.41, 5.74) is -1.49. The Kier molecular flexibility index (Phi) is 69.1. The van der Waals surface area contributed by atoms with Gasteiger partial charge in [-0.25, -0.2) is 0 Å². The van der Waals surface area contributed by atoms with Gasteiger partial charge >= 0.3 is 35.8 Å². The highest BCUT2D eigenvalue weighted by atomic mass is 35.5. The van der Waals surface area contributed by atoms with E-state index in [0.29, 0.717) is 78.9 Å². The number of rotatable bonds is 47. The summed E-state index contributed by atoms with van der Waals surface area (Å²) in [6.07, 6.45) is -0.410. The molecule has 0 bridgehead atoms. The van der Waals surface area contributed by atoms with Crippen LogP contribution in [0.3, 0.4) is 0 Å². The first-order valence-corrected chi connectivity index (χ1v) is 55.3. The third kappa shape index (κ3) is 57.9. The largest absolute Gasteiger partial charge is 0.466 e. The third-order valence-corrected chi connectivity index (χ3v) is 32.5. The fraction of sp³-hybridized carbons (Fsp3) is 0.670. The quantitative estimate of drug-likeness (QED) is 0.0107. The van der Waals surface area contributed by atoms with Crippen LogP contribution in [0.4, 0.5) is 0 Å². The molecule has 26 nitrogen and oxygen atoms in total. The summed E-state index contributed by atoms with van der Waals surface area (Å²) in [4.78, 5) is 153. The van der Waals surface area contributed by atoms with E-state index in [1.54, 1.807) is 111 Å². The van der Waals surface area contributed by atoms with Crippen molar-refractivity contribution in [3.63, 3.8) is 0 Å². The van der Waals surface area contributed by atoms with Crippen LogP contribution in [0.25, 0.3) is 0 Å². The molecular formula is C112H187ClO26Si2. The first-order chi connectivity index (χ1) is 64.2. The molecule has 0 amide bonds. The summed E-state index contributed by atoms with van der Waals surface area (Å²) in [5.74, 6) is -5.78. The smallest absolute Gasteiger partial charge is 0.319 e. The van der Waals surface area contributed by atoms with E-state index < -0.39 is 110 Å². The van der Waals surface area contributed by atoms with Crippen molar-refractivity contribution in [1.29, 1.82) is 0 Å². The zero-order valence-electron chi connectivity index (χ0n) is 93.1. The second kappa shape index (κ2) is 69.0. The number of halogens is 1. The Morgan fingerprint density at radius 3 is 0.894 bits per heavy atom. The van der Waals surface area contributed by atoms with Crippen molar-refractivity contribution >= 4 is 104 Å². The molecule has 0 unspecified atom stereocenters. The number of Topliss-reactive ketones (excluding diaryl/α,β-unsaturated/α-hetero) is 5. The number of benzene rings is 4. The summed E-state index contributed by atoms with van der Waals surface area (Å²) in [5, 5.41) is 10.1. The molecule has 0 fully saturated rings. The van der Waals surface area contributed by atoms with Crippen LogP contribution in [-0.4, -0.2) is 180 Å². The van der Waals surface area contributed by atoms with E-state index in [1.807, 2.05) is 191 Å². The van der Waals surface area contributed by atoms with Gasteiger partial charge in [-0.05, 0) is 195 Å². The highest BCUT2D eigenvalue weighted by Gasteiger charge is 2.50. The number of carbonyl (C=O) groups is 13. The first kappa shape index (κ1) is 141. The second-order valence-electron chi connectivity index (χ2n) is 42.6. The van der Waals surface area contributed by atoms with E-state index in [1.165, 1.54) is 20.8 Å². The zero-order valence-corrected chi connectivity index (χ0v) is 95.9. The Labute approximate surface area is 856 Å². The number of aliphatic hydroxyl groups excluding tert-OH is 1. The molecule has 0 saturated heterocycles. The zero-order chi connectivity index (χ0) is 110. The summed E-state index contributed by atoms with van der Waals surface area (Å²) in [6, 6.07) is 39.6. The fourth-order valence-corrected chi connectivity index (χ4v) is 15.4. The molecule has 1 N–H and O–H groups in total. The molecule has 0 aliphatic rings. The first-order valence-electron chi connectivity index (χ1n) is 49.1. The van der Waals surface area contributed by atoms with E-state index in [2.05, 4.69) is 79.4 Å². The number of aldehydes is 1. The summed E-state index contributed by atoms with van der Waals surface area (Å²) in [7, 11) is -4.42. The van der Waals surface area contributed by atoms with Gasteiger partial charge in [-0.15, -0.1) is 0 Å². The number of carbonyl (C=O) groups excluding carboxylic acids is 13. The lowest BCUT2D eigenvalue weighted by Gasteiger charge is -2.43. The summed E-state index contributed by atoms with van der Waals surface area (Å²) >= 11 is 4.82. The molecule has 0 radical (unpaired) electrons. The van der Waals surface area contributed by atoms with Crippen LogP contribution in [0.15, 0.2) is 121 Å². The van der Waals surface area contributed by atoms with Crippen molar-refractivity contribution in [2.45, 2.75) is 368 Å². The van der Waals surface area contributed by atoms with Gasteiger partial charge in [0.25, 0.3) is 0 Å². The summed E-state index contributed by atoms with van der Waals surface area (Å²) in [6.45, 7) is 78.8. The van der Waals surface area contributed by atoms with Crippen LogP contribution in [-0.2, 0) is 145 Å². The van der Waals surface area contributed by atoms with E-state index in [0.717, 1.165) is 28.5 Å². The Morgan fingerprint density at radius 1 is 0.376 bits per heavy atom. The van der Waals surface area contributed by atoms with E-state index in [4.69, 9.17) is 63.1 Å². The molecule has 4 rings (SSSR count). The van der Waals surface area contributed by atoms with Crippen molar-refractivity contribution < 1.29 is 124 Å². The van der Waals surface area contributed by atoms with Gasteiger partial charge in [-0.1, -0.05) is 246 Å². The lowest BCUT2D eigenvalue weighted by Crippen LogP contribution is -2.51. The average Bonchev–Trinajstić information content (AvgIpc) is 0.793. The van der Waals surface area contributed by atoms with Crippen LogP contribution in [0.1, 0.15) is 298 Å². The second-order valence-corrected chi connectivity index (χ2v) is 52.6. The highest BCUT2D eigenvalue weighted by molar-refractivity contribution is 6.74. The predicted octanol–water partition coefficient (Wildman–Crippen LogP) is 23.7. The minimum atomic E-state index is -2.25. The molecule has 0 aromatic heterocycles. The third-order valence-electron chi connectivity index (χ3n) is 23.2. The van der Waals surface area contributed by atoms with Crippen molar-refractivity contribution in [2.24, 2.45) is 69.0 Å². The summed E-state index contributed by atoms with van der Waals surface area (Å²) < 4.78 is 66.3. The standard InChI is InChI=1S/C30H50O6Si.C26H44O5Si.C20H30O5.C11H14O2.C9H16O3.2C6H12O2.C3H5ClO.CH4/c1-21(19-34-20-23-16-14-13-15-17-23)26(36-37(11,12)29(6,7)8)22(2)27(33)30(9,10)24(31)18-25(32)35-28(3,4)5;1-11-30-24(28)26(7,8)23(27)20(3)22(31-32(9,10)25(4,5)6)19(2)17-29-18-21-15-13-12-14-16-21;1-6-25-19(23)20(4,5)18(22)15(3)17(21)14(2)12-24-13-16-10-8-7-9-11-16;1-10(7-12)8-13-9-11-5-3-2-4-6-11;1-5-7(10)9(3,4)8(11)12-6-2;1-5(7)8-6(2,3)4;1-4-8-6(7)5(2)3;1-2-3(4)5;/h13-17,21-22,26H,18-20H2,1-12H3;12-16,19-20,22H,11,17-18H2,1-10H3;7-11,14-15,17,21H,6,12-13H2,1-5H3;2-7,10H,8-9H2,1H3;5-6H2,1-4H3;1-4H3;5H,4H2,1-3H3;2H2,1H3;1H4/t21-,22+,26+;19-,20+,22+;14-,15+,17-;10-;;;;;/m0001...../s1. The normalized spacial score (nSPS) is 13.9. The monoisotopic (exact) mass is 2040 g/mol. The minimum Gasteiger partial charge on any atom is -0.466 e.